The Hall–Kier alpha value is -8.43. The molecule has 10 rings (SSSR count). The minimum atomic E-state index is -1.77. The average Bonchev–Trinajstić information content (AvgIpc) is 1.53. The van der Waals surface area contributed by atoms with Crippen molar-refractivity contribution in [3.05, 3.63) is 212 Å². The standard InChI is InChI=1S/C24H24N2O.C19H12N2S2.C16H12OS2.C15H31NO11.C9H23N3.C3H8.C2H6/c1-17-15-21(10-4-19-7-13-23(26)14-8-19)24(27-2)16-20(17)9-3-18-5-11-22(25)12-6-18;1-13-2-4-15(5-3-13)17-8-9-19(23-17)18-7-6-16(22-18)10-14(11-20)12-21;1-11-2-4-12(5-3-11)14-8-9-16(19-14)15-7-6-13(10-17)18-15;17-3-1-2-16-4-7(20)10(22)14(8(21)5-18)27-15-13(25)12(24)11(23)9(6-19)26-15;1-10(2)6-8-12(5)9-7-11(3)4;1-3-2;1-2/h3-16H,25-26H2,1-2H3;2-10H,1H3;2-10H,1H3;7-25H,1-6H2;6-9H2,1-5H3;3H2,1-2H3;1-2H3/b9-3+,10-4+;;;;;;. The zero-order valence-electron chi connectivity index (χ0n) is 67.1. The van der Waals surface area contributed by atoms with E-state index in [4.69, 9.17) is 41.3 Å². The van der Waals surface area contributed by atoms with Crippen molar-refractivity contribution in [1.29, 1.82) is 10.5 Å². The van der Waals surface area contributed by atoms with Gasteiger partial charge < -0.3 is 91.7 Å². The second-order valence-electron chi connectivity index (χ2n) is 26.8. The van der Waals surface area contributed by atoms with Gasteiger partial charge in [-0.25, -0.2) is 0 Å². The lowest BCUT2D eigenvalue weighted by atomic mass is 9.98. The molecular weight excluding hydrogens is 1510 g/mol. The Morgan fingerprint density at radius 3 is 1.47 bits per heavy atom. The number of nitrogens with two attached hydrogens (primary N) is 2. The number of benzene rings is 5. The van der Waals surface area contributed by atoms with Gasteiger partial charge in [-0.15, -0.1) is 45.3 Å². The van der Waals surface area contributed by atoms with Gasteiger partial charge in [-0.1, -0.05) is 142 Å². The molecule has 5 aromatic carbocycles. The van der Waals surface area contributed by atoms with Crippen molar-refractivity contribution in [2.75, 3.05) is 113 Å². The number of likely N-dealkylation sites (N-methyl/N-ethyl adjacent to an activating group) is 3. The van der Waals surface area contributed by atoms with Crippen LogP contribution < -0.4 is 21.5 Å². The maximum atomic E-state index is 10.7. The molecule has 9 unspecified atom stereocenters. The molecule has 25 heteroatoms. The fourth-order valence-electron chi connectivity index (χ4n) is 10.3. The lowest BCUT2D eigenvalue weighted by molar-refractivity contribution is -0.327. The first-order valence-electron chi connectivity index (χ1n) is 37.4. The van der Waals surface area contributed by atoms with Gasteiger partial charge in [0.1, 0.15) is 66.2 Å². The third-order valence-electron chi connectivity index (χ3n) is 16.8. The zero-order chi connectivity index (χ0) is 83.5. The molecule has 21 nitrogen and oxygen atoms in total. The van der Waals surface area contributed by atoms with Crippen molar-refractivity contribution in [3.8, 4) is 58.3 Å². The first kappa shape index (κ1) is 96.9. The summed E-state index contributed by atoms with van der Waals surface area (Å²) in [6.45, 7) is 17.8. The van der Waals surface area contributed by atoms with Crippen molar-refractivity contribution in [2.24, 2.45) is 0 Å². The molecule has 1 aliphatic heterocycles. The van der Waals surface area contributed by atoms with Gasteiger partial charge in [0.15, 0.2) is 12.6 Å². The second kappa shape index (κ2) is 52.9. The van der Waals surface area contributed by atoms with E-state index in [2.05, 4.69) is 199 Å². The number of methoxy groups -OCH3 is 1. The molecule has 0 aliphatic carbocycles. The fraction of sp³-hybridized carbons (Fsp3) is 0.375. The number of hydrogen-bond acceptors (Lipinski definition) is 25. The summed E-state index contributed by atoms with van der Waals surface area (Å²) in [5.74, 6) is 0.837. The van der Waals surface area contributed by atoms with Crippen molar-refractivity contribution >= 4 is 93.4 Å². The number of aryl methyl sites for hydroxylation is 3. The number of allylic oxidation sites excluding steroid dienone is 1. The van der Waals surface area contributed by atoms with Gasteiger partial charge in [0.25, 0.3) is 0 Å². The maximum Gasteiger partial charge on any atom is 0.187 e. The van der Waals surface area contributed by atoms with Gasteiger partial charge in [0.05, 0.1) is 31.3 Å². The third kappa shape index (κ3) is 33.9. The SMILES string of the molecule is CC.CCC.CN(C)CCN(C)CCN(C)C.COc1cc(/C=C/c2ccc(N)cc2)c(C)cc1/C=C/c1ccc(N)cc1.Cc1ccc(-c2ccc(-c3ccc(C=C(C#N)C#N)s3)s2)cc1.Cc1ccc(-c2ccc(-c3ccc(C=O)s3)s2)cc1.OCCCNCC(O)C(O)C(OC1OC(CO)C(O)C(O)C1O)C(O)CO. The Morgan fingerprint density at radius 1 is 0.584 bits per heavy atom. The number of nitriles is 2. The molecule has 9 aromatic rings. The molecule has 0 spiro atoms. The van der Waals surface area contributed by atoms with E-state index >= 15 is 0 Å². The molecule has 1 saturated heterocycles. The van der Waals surface area contributed by atoms with Crippen LogP contribution in [-0.4, -0.2) is 224 Å². The fourth-order valence-corrected chi connectivity index (χ4v) is 14.3. The van der Waals surface area contributed by atoms with Crippen LogP contribution in [0.15, 0.2) is 163 Å². The lowest BCUT2D eigenvalue weighted by Crippen LogP contribution is -2.61. The average molecular weight is 1620 g/mol. The molecule has 1 fully saturated rings. The number of anilines is 2. The molecule has 610 valence electrons. The van der Waals surface area contributed by atoms with E-state index in [9.17, 15) is 45.6 Å². The molecule has 0 radical (unpaired) electrons. The molecule has 9 atom stereocenters. The van der Waals surface area contributed by atoms with Crippen molar-refractivity contribution in [1.82, 2.24) is 20.0 Å². The predicted molar refractivity (Wildman–Crippen MR) is 468 cm³/mol. The van der Waals surface area contributed by atoms with E-state index in [0.29, 0.717) is 13.0 Å². The number of nitrogen functional groups attached to an aromatic ring is 2. The van der Waals surface area contributed by atoms with Crippen LogP contribution in [0.4, 0.5) is 11.4 Å². The predicted octanol–water partition coefficient (Wildman–Crippen LogP) is 13.4. The number of rotatable bonds is 29. The van der Waals surface area contributed by atoms with E-state index < -0.39 is 68.3 Å². The Bertz CT molecular complexity index is 4310. The molecule has 113 heavy (non-hydrogen) atoms. The summed E-state index contributed by atoms with van der Waals surface area (Å²) in [4.78, 5) is 26.4. The first-order chi connectivity index (χ1) is 54.2. The molecular formula is C88H116N8O13S4. The van der Waals surface area contributed by atoms with Gasteiger partial charge >= 0.3 is 0 Å². The van der Waals surface area contributed by atoms with E-state index in [1.54, 1.807) is 47.2 Å². The Morgan fingerprint density at radius 2 is 1.04 bits per heavy atom. The Labute approximate surface area is 684 Å². The smallest absolute Gasteiger partial charge is 0.187 e. The number of ether oxygens (including phenoxy) is 3. The maximum absolute atomic E-state index is 10.7. The number of aliphatic hydroxyl groups is 9. The highest BCUT2D eigenvalue weighted by atomic mass is 32.1. The number of nitrogens with zero attached hydrogens (tertiary/aromatic N) is 5. The molecule has 1 aliphatic rings. The highest BCUT2D eigenvalue weighted by Crippen LogP contribution is 2.40. The molecule has 14 N–H and O–H groups in total. The summed E-state index contributed by atoms with van der Waals surface area (Å²) in [6, 6.07) is 57.0. The Kier molecular flexibility index (Phi) is 45.3. The van der Waals surface area contributed by atoms with E-state index in [-0.39, 0.29) is 18.7 Å². The van der Waals surface area contributed by atoms with Crippen LogP contribution in [0, 0.1) is 43.4 Å². The molecule has 0 saturated carbocycles. The van der Waals surface area contributed by atoms with Gasteiger partial charge in [0.2, 0.25) is 0 Å². The topological polar surface area (TPSA) is 348 Å². The van der Waals surface area contributed by atoms with E-state index in [0.717, 1.165) is 91.4 Å². The number of nitrogens with one attached hydrogen (secondary N) is 1. The van der Waals surface area contributed by atoms with Crippen molar-refractivity contribution in [2.45, 2.75) is 116 Å². The molecule has 4 aromatic heterocycles. The summed E-state index contributed by atoms with van der Waals surface area (Å²) in [6.07, 6.45) is -1.99. The van der Waals surface area contributed by atoms with Crippen LogP contribution in [0.25, 0.3) is 70.8 Å². The summed E-state index contributed by atoms with van der Waals surface area (Å²) in [5, 5.41) is 107. The number of carbonyl (C=O) groups excluding carboxylic acids is 1. The number of aliphatic hydroxyl groups excluding tert-OH is 9. The minimum absolute atomic E-state index is 0.0578. The van der Waals surface area contributed by atoms with Crippen LogP contribution in [0.1, 0.15) is 94.0 Å². The molecule has 0 bridgehead atoms. The van der Waals surface area contributed by atoms with E-state index in [1.807, 2.05) is 98.8 Å². The highest BCUT2D eigenvalue weighted by Gasteiger charge is 2.47. The van der Waals surface area contributed by atoms with Gasteiger partial charge in [-0.2, -0.15) is 10.5 Å². The quantitative estimate of drug-likeness (QED) is 0.00681. The normalized spacial score (nSPS) is 16.0. The first-order valence-corrected chi connectivity index (χ1v) is 40.7. The summed E-state index contributed by atoms with van der Waals surface area (Å²) in [5.41, 5.74) is 23.7. The van der Waals surface area contributed by atoms with Crippen LogP contribution in [0.5, 0.6) is 5.75 Å². The van der Waals surface area contributed by atoms with Crippen LogP contribution >= 0.6 is 45.3 Å². The van der Waals surface area contributed by atoms with Crippen LogP contribution in [0.2, 0.25) is 0 Å². The monoisotopic (exact) mass is 1620 g/mol. The second-order valence-corrected chi connectivity index (χ2v) is 31.2. The third-order valence-corrected chi connectivity index (χ3v) is 21.5. The minimum Gasteiger partial charge on any atom is -0.496 e. The highest BCUT2D eigenvalue weighted by molar-refractivity contribution is 7.25. The van der Waals surface area contributed by atoms with Crippen LogP contribution in [-0.2, 0) is 9.47 Å². The van der Waals surface area contributed by atoms with Gasteiger partial charge in [-0.3, -0.25) is 4.79 Å². The molecule has 0 amide bonds. The number of thiophene rings is 4. The van der Waals surface area contributed by atoms with E-state index in [1.165, 1.54) is 65.1 Å². The largest absolute Gasteiger partial charge is 0.496 e. The zero-order valence-corrected chi connectivity index (χ0v) is 70.4. The summed E-state index contributed by atoms with van der Waals surface area (Å²) < 4.78 is 16.0. The Balaban J connectivity index is 0.000000299. The number of carbonyl (C=O) groups is 1. The lowest BCUT2D eigenvalue weighted by Gasteiger charge is -2.42. The van der Waals surface area contributed by atoms with Crippen LogP contribution in [0.3, 0.4) is 0 Å². The van der Waals surface area contributed by atoms with Crippen molar-refractivity contribution < 1.29 is 65.0 Å². The number of hydrogen-bond donors (Lipinski definition) is 12. The molecule has 5 heterocycles. The van der Waals surface area contributed by atoms with Gasteiger partial charge in [-0.05, 0) is 193 Å². The van der Waals surface area contributed by atoms with Gasteiger partial charge in [0, 0.05) is 90.4 Å². The summed E-state index contributed by atoms with van der Waals surface area (Å²) in [7, 11) is 12.3. The summed E-state index contributed by atoms with van der Waals surface area (Å²) >= 11 is 6.64. The van der Waals surface area contributed by atoms with Crippen molar-refractivity contribution in [3.63, 3.8) is 0 Å². The number of aldehydes is 1.